The van der Waals surface area contributed by atoms with E-state index in [1.165, 1.54) is 24.3 Å². The fraction of sp³-hybridized carbons (Fsp3) is 0.846. The van der Waals surface area contributed by atoms with Gasteiger partial charge in [-0.3, -0.25) is 4.79 Å². The maximum Gasteiger partial charge on any atom is 0.265 e. The van der Waals surface area contributed by atoms with Crippen molar-refractivity contribution in [2.45, 2.75) is 40.0 Å². The number of rotatable bonds is 8. The molecule has 0 aromatic heterocycles. The Morgan fingerprint density at radius 3 is 2.50 bits per heavy atom. The highest BCUT2D eigenvalue weighted by molar-refractivity contribution is 6.25. The third-order valence-electron chi connectivity index (χ3n) is 2.78. The van der Waals surface area contributed by atoms with E-state index >= 15 is 0 Å². The molecule has 0 aromatic rings. The van der Waals surface area contributed by atoms with Gasteiger partial charge in [0.25, 0.3) is 5.91 Å². The zero-order valence-corrected chi connectivity index (χ0v) is 12.1. The molecule has 0 fully saturated rings. The van der Waals surface area contributed by atoms with Crippen LogP contribution in [-0.4, -0.2) is 44.0 Å². The number of carbonyl (C=O) groups excluding carboxylic acids is 1. The third-order valence-corrected chi connectivity index (χ3v) is 2.78. The molecule has 0 aliphatic heterocycles. The Labute approximate surface area is 110 Å². The molecule has 5 heteroatoms. The predicted molar refractivity (Wildman–Crippen MR) is 73.2 cm³/mol. The van der Waals surface area contributed by atoms with Crippen molar-refractivity contribution in [2.24, 2.45) is 10.6 Å². The van der Waals surface area contributed by atoms with Gasteiger partial charge in [0.1, 0.15) is 6.21 Å². The van der Waals surface area contributed by atoms with Crippen molar-refractivity contribution in [1.82, 2.24) is 5.32 Å². The summed E-state index contributed by atoms with van der Waals surface area (Å²) >= 11 is 0. The Kier molecular flexibility index (Phi) is 8.37. The Bertz CT molecular complexity index is 259. The molecule has 0 aliphatic rings. The summed E-state index contributed by atoms with van der Waals surface area (Å²) in [7, 11) is 2.18. The first kappa shape index (κ1) is 16.9. The van der Waals surface area contributed by atoms with E-state index in [1.54, 1.807) is 0 Å². The number of nitrogens with one attached hydrogen (secondary N) is 2. The van der Waals surface area contributed by atoms with E-state index in [0.717, 1.165) is 19.2 Å². The van der Waals surface area contributed by atoms with E-state index in [-0.39, 0.29) is 5.91 Å². The normalized spacial score (nSPS) is 13.8. The zero-order valence-electron chi connectivity index (χ0n) is 12.1. The van der Waals surface area contributed by atoms with E-state index in [1.807, 2.05) is 0 Å². The van der Waals surface area contributed by atoms with E-state index in [2.05, 4.69) is 38.3 Å². The van der Waals surface area contributed by atoms with Gasteiger partial charge in [0.05, 0.1) is 20.1 Å². The van der Waals surface area contributed by atoms with E-state index in [9.17, 15) is 4.79 Å². The number of nitrogens with zero attached hydrogens (tertiary/aromatic N) is 1. The topological polar surface area (TPSA) is 66.1 Å². The van der Waals surface area contributed by atoms with Crippen molar-refractivity contribution >= 4 is 12.1 Å². The highest BCUT2D eigenvalue weighted by Crippen LogP contribution is 2.19. The van der Waals surface area contributed by atoms with Crippen LogP contribution in [0.5, 0.6) is 0 Å². The summed E-state index contributed by atoms with van der Waals surface area (Å²) in [5.41, 5.74) is 0.415. The predicted octanol–water partition coefficient (Wildman–Crippen LogP) is 0.294. The lowest BCUT2D eigenvalue weighted by Crippen LogP contribution is -3.09. The second-order valence-electron chi connectivity index (χ2n) is 6.01. The van der Waals surface area contributed by atoms with Crippen molar-refractivity contribution in [3.8, 4) is 0 Å². The molecule has 0 radical (unpaired) electrons. The molecule has 0 aromatic carbocycles. The number of carbonyl (C=O) groups is 1. The van der Waals surface area contributed by atoms with Crippen LogP contribution in [0.1, 0.15) is 40.0 Å². The Morgan fingerprint density at radius 1 is 1.33 bits per heavy atom. The van der Waals surface area contributed by atoms with Crippen LogP contribution < -0.4 is 10.2 Å². The van der Waals surface area contributed by atoms with Crippen LogP contribution in [0.3, 0.4) is 0 Å². The summed E-state index contributed by atoms with van der Waals surface area (Å²) in [5.74, 6) is -0.345. The number of quaternary nitrogens is 1. The largest absolute Gasteiger partial charge is 0.411 e. The second-order valence-corrected chi connectivity index (χ2v) is 6.01. The van der Waals surface area contributed by atoms with Crippen LogP contribution in [-0.2, 0) is 4.79 Å². The van der Waals surface area contributed by atoms with E-state index < -0.39 is 0 Å². The summed E-state index contributed by atoms with van der Waals surface area (Å²) in [6.45, 7) is 9.63. The number of oxime groups is 1. The molecule has 5 nitrogen and oxygen atoms in total. The Morgan fingerprint density at radius 2 is 1.94 bits per heavy atom. The van der Waals surface area contributed by atoms with Gasteiger partial charge in [-0.1, -0.05) is 25.9 Å². The van der Waals surface area contributed by atoms with Gasteiger partial charge in [0, 0.05) is 13.0 Å². The standard InChI is InChI=1S/C13H27N3O2/c1-13(2,3)7-5-9-16(4)10-6-8-14-12(17)11-15-18/h11,18H,5-10H2,1-4H3,(H,14,17)/p+1/b15-11-. The Hall–Kier alpha value is -1.10. The lowest BCUT2D eigenvalue weighted by atomic mass is 9.90. The van der Waals surface area contributed by atoms with Gasteiger partial charge in [-0.15, -0.1) is 0 Å². The molecule has 0 aliphatic carbocycles. The maximum absolute atomic E-state index is 10.9. The lowest BCUT2D eigenvalue weighted by molar-refractivity contribution is -0.880. The minimum Gasteiger partial charge on any atom is -0.411 e. The summed E-state index contributed by atoms with van der Waals surface area (Å²) in [5, 5.41) is 13.5. The molecule has 0 rings (SSSR count). The lowest BCUT2D eigenvalue weighted by Gasteiger charge is -2.19. The summed E-state index contributed by atoms with van der Waals surface area (Å²) in [6.07, 6.45) is 4.29. The average molecular weight is 258 g/mol. The van der Waals surface area contributed by atoms with Crippen molar-refractivity contribution in [3.05, 3.63) is 0 Å². The van der Waals surface area contributed by atoms with Crippen LogP contribution in [0.4, 0.5) is 0 Å². The monoisotopic (exact) mass is 258 g/mol. The highest BCUT2D eigenvalue weighted by atomic mass is 16.4. The molecule has 18 heavy (non-hydrogen) atoms. The number of hydrogen-bond acceptors (Lipinski definition) is 3. The molecule has 106 valence electrons. The molecule has 0 saturated heterocycles. The van der Waals surface area contributed by atoms with Crippen LogP contribution >= 0.6 is 0 Å². The van der Waals surface area contributed by atoms with Crippen molar-refractivity contribution < 1.29 is 14.9 Å². The highest BCUT2D eigenvalue weighted by Gasteiger charge is 2.11. The van der Waals surface area contributed by atoms with Gasteiger partial charge in [-0.25, -0.2) is 0 Å². The smallest absolute Gasteiger partial charge is 0.265 e. The molecular formula is C13H28N3O2+. The molecule has 1 atom stereocenters. The van der Waals surface area contributed by atoms with Gasteiger partial charge in [0.2, 0.25) is 0 Å². The SMILES string of the molecule is C[NH+](CCCNC(=O)/C=N\O)CCCC(C)(C)C. The third kappa shape index (κ3) is 11.4. The first-order chi connectivity index (χ1) is 8.35. The fourth-order valence-electron chi connectivity index (χ4n) is 1.75. The average Bonchev–Trinajstić information content (AvgIpc) is 2.23. The van der Waals surface area contributed by atoms with Gasteiger partial charge >= 0.3 is 0 Å². The van der Waals surface area contributed by atoms with Crippen molar-refractivity contribution in [3.63, 3.8) is 0 Å². The van der Waals surface area contributed by atoms with Crippen LogP contribution in [0.25, 0.3) is 0 Å². The summed E-state index contributed by atoms with van der Waals surface area (Å²) in [6, 6.07) is 0. The first-order valence-corrected chi connectivity index (χ1v) is 6.62. The molecule has 0 spiro atoms. The van der Waals surface area contributed by atoms with Crippen molar-refractivity contribution in [2.75, 3.05) is 26.7 Å². The molecule has 1 amide bonds. The van der Waals surface area contributed by atoms with E-state index in [4.69, 9.17) is 5.21 Å². The van der Waals surface area contributed by atoms with Crippen LogP contribution in [0.2, 0.25) is 0 Å². The van der Waals surface area contributed by atoms with Gasteiger partial charge in [-0.05, 0) is 18.3 Å². The van der Waals surface area contributed by atoms with Gasteiger partial charge in [-0.2, -0.15) is 0 Å². The minimum absolute atomic E-state index is 0.345. The van der Waals surface area contributed by atoms with Gasteiger partial charge in [0.15, 0.2) is 0 Å². The van der Waals surface area contributed by atoms with Crippen LogP contribution in [0.15, 0.2) is 5.16 Å². The van der Waals surface area contributed by atoms with Crippen LogP contribution in [0, 0.1) is 5.41 Å². The van der Waals surface area contributed by atoms with E-state index in [0.29, 0.717) is 12.0 Å². The second kappa shape index (κ2) is 8.91. The molecule has 0 heterocycles. The summed E-state index contributed by atoms with van der Waals surface area (Å²) < 4.78 is 0. The Balaban J connectivity index is 3.48. The fourth-order valence-corrected chi connectivity index (χ4v) is 1.75. The minimum atomic E-state index is -0.345. The molecule has 3 N–H and O–H groups in total. The molecular weight excluding hydrogens is 230 g/mol. The number of amides is 1. The first-order valence-electron chi connectivity index (χ1n) is 6.62. The molecule has 0 bridgehead atoms. The van der Waals surface area contributed by atoms with Crippen molar-refractivity contribution in [1.29, 1.82) is 0 Å². The molecule has 1 unspecified atom stereocenters. The molecule has 0 saturated carbocycles. The zero-order chi connectivity index (χ0) is 14.0. The quantitative estimate of drug-likeness (QED) is 0.254. The maximum atomic E-state index is 10.9. The summed E-state index contributed by atoms with van der Waals surface area (Å²) in [4.78, 5) is 12.4. The number of hydrogen-bond donors (Lipinski definition) is 3. The van der Waals surface area contributed by atoms with Gasteiger partial charge < -0.3 is 15.4 Å².